The van der Waals surface area contributed by atoms with Gasteiger partial charge in [0, 0.05) is 0 Å². The Kier molecular flexibility index (Phi) is 4.17. The maximum atomic E-state index is 11.3. The van der Waals surface area contributed by atoms with Crippen LogP contribution in [0.1, 0.15) is 27.0 Å². The van der Waals surface area contributed by atoms with Gasteiger partial charge in [-0.2, -0.15) is 5.90 Å². The molecule has 0 atom stereocenters. The van der Waals surface area contributed by atoms with Crippen LogP contribution in [0.15, 0.2) is 49.0 Å². The van der Waals surface area contributed by atoms with Crippen molar-refractivity contribution < 1.29 is 14.7 Å². The molecule has 2 rings (SSSR count). The van der Waals surface area contributed by atoms with Crippen molar-refractivity contribution in [3.8, 4) is 5.75 Å². The van der Waals surface area contributed by atoms with Crippen molar-refractivity contribution in [2.75, 3.05) is 0 Å². The van der Waals surface area contributed by atoms with Crippen LogP contribution in [0, 0.1) is 0 Å². The van der Waals surface area contributed by atoms with Gasteiger partial charge in [0.05, 0.1) is 0 Å². The number of carbonyl (C=O) groups is 1. The molecule has 0 fully saturated rings. The van der Waals surface area contributed by atoms with E-state index in [1.54, 1.807) is 12.1 Å². The number of aromatic hydroxyl groups is 1. The van der Waals surface area contributed by atoms with Gasteiger partial charge in [0.25, 0.3) is 0 Å². The molecule has 0 radical (unpaired) electrons. The minimum Gasteiger partial charge on any atom is -0.507 e. The van der Waals surface area contributed by atoms with Gasteiger partial charge in [-0.1, -0.05) is 43.0 Å². The number of nitrogens with two attached hydrogens (primary N) is 1. The zero-order valence-electron chi connectivity index (χ0n) is 10.9. The molecule has 20 heavy (non-hydrogen) atoms. The van der Waals surface area contributed by atoms with Gasteiger partial charge in [0.2, 0.25) is 0 Å². The van der Waals surface area contributed by atoms with Crippen LogP contribution in [0.5, 0.6) is 5.75 Å². The molecule has 0 aliphatic heterocycles. The van der Waals surface area contributed by atoms with Crippen molar-refractivity contribution in [3.63, 3.8) is 0 Å². The van der Waals surface area contributed by atoms with Crippen LogP contribution in [-0.4, -0.2) is 11.1 Å². The van der Waals surface area contributed by atoms with Crippen LogP contribution in [0.3, 0.4) is 0 Å². The van der Waals surface area contributed by atoms with Gasteiger partial charge in [-0.25, -0.2) is 4.79 Å². The normalized spacial score (nSPS) is 10.1. The molecule has 102 valence electrons. The summed E-state index contributed by atoms with van der Waals surface area (Å²) in [6.07, 6.45) is 2.44. The zero-order valence-corrected chi connectivity index (χ0v) is 10.9. The second kappa shape index (κ2) is 6.04. The second-order valence-electron chi connectivity index (χ2n) is 4.38. The summed E-state index contributed by atoms with van der Waals surface area (Å²) in [5.74, 6) is 3.90. The lowest BCUT2D eigenvalue weighted by molar-refractivity contribution is 0.0500. The first kappa shape index (κ1) is 13.8. The molecule has 2 aromatic rings. The molecule has 0 aliphatic carbocycles. The number of benzene rings is 2. The first-order chi connectivity index (χ1) is 9.63. The molecule has 0 unspecified atom stereocenters. The molecule has 0 aliphatic rings. The summed E-state index contributed by atoms with van der Waals surface area (Å²) in [4.78, 5) is 15.4. The van der Waals surface area contributed by atoms with Gasteiger partial charge in [-0.15, -0.1) is 0 Å². The maximum absolute atomic E-state index is 11.3. The fourth-order valence-electron chi connectivity index (χ4n) is 1.93. The van der Waals surface area contributed by atoms with Gasteiger partial charge in [-0.05, 0) is 35.2 Å². The van der Waals surface area contributed by atoms with Gasteiger partial charge < -0.3 is 9.94 Å². The molecule has 2 aromatic carbocycles. The standard InChI is InChI=1S/C16H15NO3/c1-2-11-3-5-12(6-4-11)9-13-7-8-14(15(18)10-13)16(19)20-17/h2-8,10,18H,1,9,17H2. The third-order valence-corrected chi connectivity index (χ3v) is 3.01. The highest BCUT2D eigenvalue weighted by molar-refractivity contribution is 5.92. The maximum Gasteiger partial charge on any atom is 0.360 e. The minimum atomic E-state index is -0.760. The first-order valence-corrected chi connectivity index (χ1v) is 6.08. The summed E-state index contributed by atoms with van der Waals surface area (Å²) in [7, 11) is 0. The van der Waals surface area contributed by atoms with Gasteiger partial charge >= 0.3 is 5.97 Å². The van der Waals surface area contributed by atoms with E-state index >= 15 is 0 Å². The Labute approximate surface area is 117 Å². The lowest BCUT2D eigenvalue weighted by Gasteiger charge is -2.06. The van der Waals surface area contributed by atoms with Crippen LogP contribution >= 0.6 is 0 Å². The van der Waals surface area contributed by atoms with E-state index in [1.807, 2.05) is 24.3 Å². The smallest absolute Gasteiger partial charge is 0.360 e. The van der Waals surface area contributed by atoms with Crippen LogP contribution < -0.4 is 5.90 Å². The van der Waals surface area contributed by atoms with Crippen LogP contribution in [-0.2, 0) is 11.3 Å². The Morgan fingerprint density at radius 2 is 1.85 bits per heavy atom. The van der Waals surface area contributed by atoms with Crippen molar-refractivity contribution in [2.24, 2.45) is 5.90 Å². The molecule has 0 saturated heterocycles. The summed E-state index contributed by atoms with van der Waals surface area (Å²) < 4.78 is 0. The molecule has 0 aromatic heterocycles. The van der Waals surface area contributed by atoms with E-state index < -0.39 is 5.97 Å². The summed E-state index contributed by atoms with van der Waals surface area (Å²) >= 11 is 0. The fraction of sp³-hybridized carbons (Fsp3) is 0.0625. The average molecular weight is 269 g/mol. The van der Waals surface area contributed by atoms with E-state index in [-0.39, 0.29) is 11.3 Å². The molecule has 0 bridgehead atoms. The summed E-state index contributed by atoms with van der Waals surface area (Å²) in [6, 6.07) is 12.7. The van der Waals surface area contributed by atoms with Crippen molar-refractivity contribution in [2.45, 2.75) is 6.42 Å². The molecular weight excluding hydrogens is 254 g/mol. The van der Waals surface area contributed by atoms with E-state index in [1.165, 1.54) is 12.1 Å². The third-order valence-electron chi connectivity index (χ3n) is 3.01. The summed E-state index contributed by atoms with van der Waals surface area (Å²) in [5.41, 5.74) is 3.10. The predicted molar refractivity (Wildman–Crippen MR) is 77.0 cm³/mol. The van der Waals surface area contributed by atoms with E-state index in [4.69, 9.17) is 5.90 Å². The van der Waals surface area contributed by atoms with Crippen LogP contribution in [0.4, 0.5) is 0 Å². The fourth-order valence-corrected chi connectivity index (χ4v) is 1.93. The molecule has 4 heteroatoms. The topological polar surface area (TPSA) is 72.5 Å². The molecule has 0 amide bonds. The Balaban J connectivity index is 2.19. The quantitative estimate of drug-likeness (QED) is 0.837. The highest BCUT2D eigenvalue weighted by Crippen LogP contribution is 2.21. The van der Waals surface area contributed by atoms with E-state index in [0.717, 1.165) is 16.7 Å². The number of hydrogen-bond acceptors (Lipinski definition) is 4. The van der Waals surface area contributed by atoms with Crippen molar-refractivity contribution in [1.29, 1.82) is 0 Å². The van der Waals surface area contributed by atoms with Gasteiger partial charge in [0.15, 0.2) is 0 Å². The largest absolute Gasteiger partial charge is 0.507 e. The van der Waals surface area contributed by atoms with Crippen molar-refractivity contribution in [1.82, 2.24) is 0 Å². The molecular formula is C16H15NO3. The number of hydrogen-bond donors (Lipinski definition) is 2. The van der Waals surface area contributed by atoms with Crippen molar-refractivity contribution in [3.05, 3.63) is 71.3 Å². The molecule has 0 saturated carbocycles. The molecule has 0 heterocycles. The summed E-state index contributed by atoms with van der Waals surface area (Å²) in [5, 5.41) is 9.78. The van der Waals surface area contributed by atoms with Gasteiger partial charge in [-0.3, -0.25) is 0 Å². The average Bonchev–Trinajstić information content (AvgIpc) is 2.47. The third kappa shape index (κ3) is 3.05. The van der Waals surface area contributed by atoms with Crippen LogP contribution in [0.25, 0.3) is 6.08 Å². The first-order valence-electron chi connectivity index (χ1n) is 6.08. The number of carbonyl (C=O) groups excluding carboxylic acids is 1. The molecule has 4 nitrogen and oxygen atoms in total. The predicted octanol–water partition coefficient (Wildman–Crippen LogP) is 2.66. The van der Waals surface area contributed by atoms with Crippen molar-refractivity contribution >= 4 is 12.0 Å². The highest BCUT2D eigenvalue weighted by Gasteiger charge is 2.12. The van der Waals surface area contributed by atoms with E-state index in [2.05, 4.69) is 11.4 Å². The highest BCUT2D eigenvalue weighted by atomic mass is 16.7. The molecule has 0 spiro atoms. The van der Waals surface area contributed by atoms with E-state index in [9.17, 15) is 9.90 Å². The molecule has 3 N–H and O–H groups in total. The van der Waals surface area contributed by atoms with Gasteiger partial charge in [0.1, 0.15) is 11.3 Å². The Morgan fingerprint density at radius 1 is 1.20 bits per heavy atom. The SMILES string of the molecule is C=Cc1ccc(Cc2ccc(C(=O)ON)c(O)c2)cc1. The Morgan fingerprint density at radius 3 is 2.40 bits per heavy atom. The lowest BCUT2D eigenvalue weighted by Crippen LogP contribution is -2.10. The Hall–Kier alpha value is -2.59. The number of rotatable bonds is 4. The van der Waals surface area contributed by atoms with Crippen LogP contribution in [0.2, 0.25) is 0 Å². The minimum absolute atomic E-state index is 0.0539. The lowest BCUT2D eigenvalue weighted by atomic mass is 10.0. The number of phenolic OH excluding ortho intramolecular Hbond substituents is 1. The number of phenols is 1. The Bertz CT molecular complexity index is 633. The summed E-state index contributed by atoms with van der Waals surface area (Å²) in [6.45, 7) is 3.70. The monoisotopic (exact) mass is 269 g/mol. The van der Waals surface area contributed by atoms with E-state index in [0.29, 0.717) is 6.42 Å². The zero-order chi connectivity index (χ0) is 14.5. The second-order valence-corrected chi connectivity index (χ2v) is 4.38.